The molecule has 0 saturated heterocycles. The minimum absolute atomic E-state index is 0.0112. The Kier molecular flexibility index (Phi) is 4.60. The van der Waals surface area contributed by atoms with Crippen LogP contribution in [0, 0.1) is 5.92 Å². The molecular weight excluding hydrogens is 244 g/mol. The molecule has 0 radical (unpaired) electrons. The minimum atomic E-state index is -0.364. The van der Waals surface area contributed by atoms with Gasteiger partial charge in [0.2, 0.25) is 5.91 Å². The molecule has 1 heterocycles. The van der Waals surface area contributed by atoms with Crippen LogP contribution in [0.3, 0.4) is 0 Å². The lowest BCUT2D eigenvalue weighted by Crippen LogP contribution is -2.45. The van der Waals surface area contributed by atoms with Gasteiger partial charge in [-0.3, -0.25) is 9.59 Å². The van der Waals surface area contributed by atoms with E-state index in [2.05, 4.69) is 17.6 Å². The van der Waals surface area contributed by atoms with E-state index in [1.165, 1.54) is 12.7 Å². The molecule has 1 aromatic heterocycles. The SMILES string of the molecule is C[C@@H]1CCCC[C@H]1NC(=O)CNC(=O)c1ccco1. The van der Waals surface area contributed by atoms with Gasteiger partial charge in [-0.05, 0) is 30.9 Å². The van der Waals surface area contributed by atoms with Crippen molar-refractivity contribution in [1.29, 1.82) is 0 Å². The smallest absolute Gasteiger partial charge is 0.287 e. The molecule has 2 rings (SSSR count). The molecule has 5 heteroatoms. The van der Waals surface area contributed by atoms with Crippen molar-refractivity contribution < 1.29 is 14.0 Å². The first-order valence-electron chi connectivity index (χ1n) is 6.78. The molecule has 19 heavy (non-hydrogen) atoms. The van der Waals surface area contributed by atoms with Gasteiger partial charge in [0.1, 0.15) is 0 Å². The Morgan fingerprint density at radius 2 is 2.16 bits per heavy atom. The number of hydrogen-bond donors (Lipinski definition) is 2. The Labute approximate surface area is 112 Å². The number of amides is 2. The lowest BCUT2D eigenvalue weighted by atomic mass is 9.86. The van der Waals surface area contributed by atoms with E-state index in [1.807, 2.05) is 0 Å². The third kappa shape index (κ3) is 3.84. The number of rotatable bonds is 4. The molecule has 1 saturated carbocycles. The third-order valence-corrected chi connectivity index (χ3v) is 3.61. The molecule has 1 aliphatic rings. The summed E-state index contributed by atoms with van der Waals surface area (Å²) in [5, 5.41) is 5.53. The van der Waals surface area contributed by atoms with Gasteiger partial charge in [-0.25, -0.2) is 0 Å². The van der Waals surface area contributed by atoms with Crippen LogP contribution in [0.1, 0.15) is 43.2 Å². The summed E-state index contributed by atoms with van der Waals surface area (Å²) in [6, 6.07) is 3.44. The van der Waals surface area contributed by atoms with Crippen LogP contribution in [0.5, 0.6) is 0 Å². The van der Waals surface area contributed by atoms with E-state index in [0.29, 0.717) is 5.92 Å². The normalized spacial score (nSPS) is 22.8. The summed E-state index contributed by atoms with van der Waals surface area (Å²) in [7, 11) is 0. The summed E-state index contributed by atoms with van der Waals surface area (Å²) >= 11 is 0. The van der Waals surface area contributed by atoms with Gasteiger partial charge >= 0.3 is 0 Å². The van der Waals surface area contributed by atoms with E-state index >= 15 is 0 Å². The maximum atomic E-state index is 11.8. The lowest BCUT2D eigenvalue weighted by Gasteiger charge is -2.29. The fourth-order valence-corrected chi connectivity index (χ4v) is 2.44. The predicted octanol–water partition coefficient (Wildman–Crippen LogP) is 1.70. The van der Waals surface area contributed by atoms with Crippen molar-refractivity contribution in [2.45, 2.75) is 38.6 Å². The van der Waals surface area contributed by atoms with Crippen LogP contribution in [-0.4, -0.2) is 24.4 Å². The van der Waals surface area contributed by atoms with Gasteiger partial charge < -0.3 is 15.1 Å². The van der Waals surface area contributed by atoms with Gasteiger partial charge in [-0.2, -0.15) is 0 Å². The zero-order valence-electron chi connectivity index (χ0n) is 11.1. The van der Waals surface area contributed by atoms with Crippen LogP contribution >= 0.6 is 0 Å². The van der Waals surface area contributed by atoms with Gasteiger partial charge in [0.25, 0.3) is 5.91 Å². The molecule has 1 aromatic rings. The Balaban J connectivity index is 1.74. The monoisotopic (exact) mass is 264 g/mol. The zero-order valence-corrected chi connectivity index (χ0v) is 11.1. The summed E-state index contributed by atoms with van der Waals surface area (Å²) in [5.74, 6) is 0.229. The van der Waals surface area contributed by atoms with Crippen LogP contribution in [0.4, 0.5) is 0 Å². The van der Waals surface area contributed by atoms with Crippen LogP contribution in [0.25, 0.3) is 0 Å². The van der Waals surface area contributed by atoms with Crippen LogP contribution in [0.2, 0.25) is 0 Å². The second-order valence-corrected chi connectivity index (χ2v) is 5.10. The first kappa shape index (κ1) is 13.6. The molecule has 1 aliphatic carbocycles. The Hall–Kier alpha value is -1.78. The van der Waals surface area contributed by atoms with Gasteiger partial charge in [0, 0.05) is 6.04 Å². The summed E-state index contributed by atoms with van der Waals surface area (Å²) in [5.41, 5.74) is 0. The van der Waals surface area contributed by atoms with Crippen molar-refractivity contribution >= 4 is 11.8 Å². The standard InChI is InChI=1S/C14H20N2O3/c1-10-5-2-3-6-11(10)16-13(17)9-15-14(18)12-7-4-8-19-12/h4,7-8,10-11H,2-3,5-6,9H2,1H3,(H,15,18)(H,16,17)/t10-,11-/m1/s1. The van der Waals surface area contributed by atoms with E-state index < -0.39 is 0 Å². The van der Waals surface area contributed by atoms with E-state index in [4.69, 9.17) is 4.42 Å². The minimum Gasteiger partial charge on any atom is -0.459 e. The van der Waals surface area contributed by atoms with Crippen molar-refractivity contribution in [1.82, 2.24) is 10.6 Å². The molecule has 2 atom stereocenters. The topological polar surface area (TPSA) is 71.3 Å². The van der Waals surface area contributed by atoms with Crippen molar-refractivity contribution in [3.8, 4) is 0 Å². The maximum absolute atomic E-state index is 11.8. The highest BCUT2D eigenvalue weighted by Gasteiger charge is 2.22. The molecule has 5 nitrogen and oxygen atoms in total. The predicted molar refractivity (Wildman–Crippen MR) is 70.6 cm³/mol. The highest BCUT2D eigenvalue weighted by atomic mass is 16.3. The number of carbonyl (C=O) groups excluding carboxylic acids is 2. The number of carbonyl (C=O) groups is 2. The molecule has 0 bridgehead atoms. The van der Waals surface area contributed by atoms with Gasteiger partial charge in [0.15, 0.2) is 5.76 Å². The first-order chi connectivity index (χ1) is 9.16. The van der Waals surface area contributed by atoms with E-state index in [9.17, 15) is 9.59 Å². The van der Waals surface area contributed by atoms with E-state index in [0.717, 1.165) is 19.3 Å². The average Bonchev–Trinajstić information content (AvgIpc) is 2.93. The summed E-state index contributed by atoms with van der Waals surface area (Å²) in [6.07, 6.45) is 6.01. The average molecular weight is 264 g/mol. The Morgan fingerprint density at radius 1 is 1.37 bits per heavy atom. The van der Waals surface area contributed by atoms with Gasteiger partial charge in [0.05, 0.1) is 12.8 Å². The van der Waals surface area contributed by atoms with Crippen LogP contribution in [-0.2, 0) is 4.79 Å². The molecule has 0 aliphatic heterocycles. The third-order valence-electron chi connectivity index (χ3n) is 3.61. The fourth-order valence-electron chi connectivity index (χ4n) is 2.44. The molecular formula is C14H20N2O3. The van der Waals surface area contributed by atoms with Crippen LogP contribution in [0.15, 0.2) is 22.8 Å². The van der Waals surface area contributed by atoms with E-state index in [-0.39, 0.29) is 30.2 Å². The quantitative estimate of drug-likeness (QED) is 0.869. The second-order valence-electron chi connectivity index (χ2n) is 5.10. The number of hydrogen-bond acceptors (Lipinski definition) is 3. The van der Waals surface area contributed by atoms with Crippen molar-refractivity contribution in [3.63, 3.8) is 0 Å². The highest BCUT2D eigenvalue weighted by Crippen LogP contribution is 2.23. The maximum Gasteiger partial charge on any atom is 0.287 e. The van der Waals surface area contributed by atoms with Crippen molar-refractivity contribution in [2.75, 3.05) is 6.54 Å². The molecule has 2 N–H and O–H groups in total. The van der Waals surface area contributed by atoms with Crippen molar-refractivity contribution in [3.05, 3.63) is 24.2 Å². The molecule has 0 aromatic carbocycles. The highest BCUT2D eigenvalue weighted by molar-refractivity contribution is 5.94. The molecule has 104 valence electrons. The second kappa shape index (κ2) is 6.41. The fraction of sp³-hybridized carbons (Fsp3) is 0.571. The van der Waals surface area contributed by atoms with Gasteiger partial charge in [-0.15, -0.1) is 0 Å². The summed E-state index contributed by atoms with van der Waals surface area (Å²) < 4.78 is 4.95. The number of nitrogens with one attached hydrogen (secondary N) is 2. The Bertz CT molecular complexity index is 428. The van der Waals surface area contributed by atoms with Crippen LogP contribution < -0.4 is 10.6 Å². The zero-order chi connectivity index (χ0) is 13.7. The Morgan fingerprint density at radius 3 is 2.84 bits per heavy atom. The summed E-state index contributed by atoms with van der Waals surface area (Å²) in [6.45, 7) is 2.15. The molecule has 2 amide bonds. The molecule has 0 unspecified atom stereocenters. The van der Waals surface area contributed by atoms with E-state index in [1.54, 1.807) is 12.1 Å². The molecule has 1 fully saturated rings. The largest absolute Gasteiger partial charge is 0.459 e. The van der Waals surface area contributed by atoms with Crippen molar-refractivity contribution in [2.24, 2.45) is 5.92 Å². The van der Waals surface area contributed by atoms with Gasteiger partial charge in [-0.1, -0.05) is 19.8 Å². The first-order valence-corrected chi connectivity index (χ1v) is 6.78. The summed E-state index contributed by atoms with van der Waals surface area (Å²) in [4.78, 5) is 23.4. The number of furan rings is 1. The molecule has 0 spiro atoms. The lowest BCUT2D eigenvalue weighted by molar-refractivity contribution is -0.121.